The van der Waals surface area contributed by atoms with E-state index in [2.05, 4.69) is 12.2 Å². The van der Waals surface area contributed by atoms with Crippen LogP contribution in [0.1, 0.15) is 58.3 Å². The Balaban J connectivity index is 1.84. The van der Waals surface area contributed by atoms with Gasteiger partial charge in [0.25, 0.3) is 0 Å². The summed E-state index contributed by atoms with van der Waals surface area (Å²) in [5.41, 5.74) is -0.739. The first-order valence-electron chi connectivity index (χ1n) is 8.19. The topological polar surface area (TPSA) is 69.6 Å². The summed E-state index contributed by atoms with van der Waals surface area (Å²) in [6, 6.07) is 0.174. The van der Waals surface area contributed by atoms with Gasteiger partial charge < -0.3 is 15.3 Å². The first-order valence-corrected chi connectivity index (χ1v) is 8.19. The molecule has 0 bridgehead atoms. The number of carbonyl (C=O) groups is 2. The quantitative estimate of drug-likeness (QED) is 0.838. The summed E-state index contributed by atoms with van der Waals surface area (Å²) in [6.45, 7) is 2.52. The summed E-state index contributed by atoms with van der Waals surface area (Å²) in [5.74, 6) is -0.0130. The Morgan fingerprint density at radius 1 is 1.19 bits per heavy atom. The van der Waals surface area contributed by atoms with Crippen LogP contribution >= 0.6 is 0 Å². The lowest BCUT2D eigenvalue weighted by Crippen LogP contribution is -2.49. The fourth-order valence-corrected chi connectivity index (χ4v) is 3.68. The lowest BCUT2D eigenvalue weighted by Gasteiger charge is -2.34. The van der Waals surface area contributed by atoms with Crippen LogP contribution < -0.4 is 5.32 Å². The Hall–Kier alpha value is -1.26. The molecule has 2 N–H and O–H groups in total. The average Bonchev–Trinajstić information content (AvgIpc) is 2.95. The number of nitrogens with zero attached hydrogens (tertiary/aromatic N) is 1. The minimum atomic E-state index is -0.769. The maximum absolute atomic E-state index is 12.3. The van der Waals surface area contributed by atoms with E-state index in [4.69, 9.17) is 0 Å². The molecule has 2 aliphatic rings. The second-order valence-electron chi connectivity index (χ2n) is 6.98. The van der Waals surface area contributed by atoms with E-state index in [1.54, 1.807) is 4.90 Å². The van der Waals surface area contributed by atoms with E-state index in [0.717, 1.165) is 31.6 Å². The standard InChI is InChI=1S/C16H28N2O3/c1-12-5-7-13(8-6-12)18(2)15(21)17-11-16(14(19)20)9-3-4-10-16/h12-13H,3-11H2,1-2H3,(H,17,21)(H,19,20). The summed E-state index contributed by atoms with van der Waals surface area (Å²) in [5, 5.41) is 12.3. The Bertz CT molecular complexity index is 383. The molecule has 0 atom stereocenters. The Labute approximate surface area is 127 Å². The van der Waals surface area contributed by atoms with Gasteiger partial charge in [-0.2, -0.15) is 0 Å². The smallest absolute Gasteiger partial charge is 0.317 e. The molecule has 2 amide bonds. The van der Waals surface area contributed by atoms with Gasteiger partial charge in [-0.1, -0.05) is 19.8 Å². The molecule has 0 aromatic heterocycles. The highest BCUT2D eigenvalue weighted by atomic mass is 16.4. The molecule has 0 spiro atoms. The van der Waals surface area contributed by atoms with Crippen molar-refractivity contribution in [2.45, 2.75) is 64.3 Å². The highest BCUT2D eigenvalue weighted by Crippen LogP contribution is 2.37. The highest BCUT2D eigenvalue weighted by Gasteiger charge is 2.41. The largest absolute Gasteiger partial charge is 0.481 e. The van der Waals surface area contributed by atoms with Crippen molar-refractivity contribution in [2.75, 3.05) is 13.6 Å². The van der Waals surface area contributed by atoms with Gasteiger partial charge in [-0.3, -0.25) is 4.79 Å². The molecule has 0 heterocycles. The molecule has 5 nitrogen and oxygen atoms in total. The zero-order valence-corrected chi connectivity index (χ0v) is 13.2. The van der Waals surface area contributed by atoms with Gasteiger partial charge in [0.15, 0.2) is 0 Å². The van der Waals surface area contributed by atoms with Crippen LogP contribution in [0.3, 0.4) is 0 Å². The number of rotatable bonds is 4. The van der Waals surface area contributed by atoms with Gasteiger partial charge >= 0.3 is 12.0 Å². The van der Waals surface area contributed by atoms with Gasteiger partial charge in [-0.05, 0) is 44.4 Å². The van der Waals surface area contributed by atoms with Crippen LogP contribution in [0, 0.1) is 11.3 Å². The van der Waals surface area contributed by atoms with E-state index >= 15 is 0 Å². The third-order valence-electron chi connectivity index (χ3n) is 5.45. The minimum absolute atomic E-state index is 0.123. The van der Waals surface area contributed by atoms with Gasteiger partial charge in [-0.15, -0.1) is 0 Å². The zero-order valence-electron chi connectivity index (χ0n) is 13.2. The van der Waals surface area contributed by atoms with Crippen LogP contribution in [0.15, 0.2) is 0 Å². The summed E-state index contributed by atoms with van der Waals surface area (Å²) in [7, 11) is 1.83. The number of carbonyl (C=O) groups excluding carboxylic acids is 1. The molecule has 0 saturated heterocycles. The van der Waals surface area contributed by atoms with Crippen LogP contribution in [0.5, 0.6) is 0 Å². The van der Waals surface area contributed by atoms with E-state index in [0.29, 0.717) is 18.9 Å². The molecule has 5 heteroatoms. The van der Waals surface area contributed by atoms with E-state index in [1.165, 1.54) is 12.8 Å². The number of aliphatic carboxylic acids is 1. The minimum Gasteiger partial charge on any atom is -0.481 e. The average molecular weight is 296 g/mol. The van der Waals surface area contributed by atoms with Gasteiger partial charge in [0.2, 0.25) is 0 Å². The fraction of sp³-hybridized carbons (Fsp3) is 0.875. The molecular weight excluding hydrogens is 268 g/mol. The molecule has 0 aliphatic heterocycles. The van der Waals surface area contributed by atoms with E-state index < -0.39 is 11.4 Å². The van der Waals surface area contributed by atoms with E-state index in [-0.39, 0.29) is 12.6 Å². The van der Waals surface area contributed by atoms with Crippen molar-refractivity contribution < 1.29 is 14.7 Å². The van der Waals surface area contributed by atoms with Gasteiger partial charge in [0.05, 0.1) is 5.41 Å². The van der Waals surface area contributed by atoms with Crippen LogP contribution in [0.25, 0.3) is 0 Å². The summed E-state index contributed by atoms with van der Waals surface area (Å²) >= 11 is 0. The van der Waals surface area contributed by atoms with E-state index in [1.807, 2.05) is 7.05 Å². The molecule has 21 heavy (non-hydrogen) atoms. The lowest BCUT2D eigenvalue weighted by molar-refractivity contribution is -0.148. The summed E-state index contributed by atoms with van der Waals surface area (Å²) in [4.78, 5) is 25.5. The molecule has 2 aliphatic carbocycles. The number of hydrogen-bond acceptors (Lipinski definition) is 2. The fourth-order valence-electron chi connectivity index (χ4n) is 3.68. The van der Waals surface area contributed by atoms with Crippen molar-refractivity contribution in [1.82, 2.24) is 10.2 Å². The van der Waals surface area contributed by atoms with Crippen molar-refractivity contribution in [3.8, 4) is 0 Å². The molecule has 2 saturated carbocycles. The number of nitrogens with one attached hydrogen (secondary N) is 1. The maximum atomic E-state index is 12.3. The van der Waals surface area contributed by atoms with Gasteiger partial charge in [0.1, 0.15) is 0 Å². The molecule has 0 radical (unpaired) electrons. The highest BCUT2D eigenvalue weighted by molar-refractivity contribution is 5.78. The predicted octanol–water partition coefficient (Wildman–Crippen LogP) is 2.85. The lowest BCUT2D eigenvalue weighted by atomic mass is 9.86. The normalized spacial score (nSPS) is 28.1. The maximum Gasteiger partial charge on any atom is 0.317 e. The second-order valence-corrected chi connectivity index (χ2v) is 6.98. The van der Waals surface area contributed by atoms with Gasteiger partial charge in [-0.25, -0.2) is 4.79 Å². The monoisotopic (exact) mass is 296 g/mol. The second kappa shape index (κ2) is 6.67. The molecule has 0 unspecified atom stereocenters. The van der Waals surface area contributed by atoms with Crippen LogP contribution in [0.4, 0.5) is 4.79 Å². The Morgan fingerprint density at radius 3 is 2.29 bits per heavy atom. The molecule has 2 fully saturated rings. The van der Waals surface area contributed by atoms with Crippen LogP contribution in [-0.4, -0.2) is 41.6 Å². The Morgan fingerprint density at radius 2 is 1.76 bits per heavy atom. The first-order chi connectivity index (χ1) is 9.94. The third-order valence-corrected chi connectivity index (χ3v) is 5.45. The zero-order chi connectivity index (χ0) is 15.5. The van der Waals surface area contributed by atoms with Crippen molar-refractivity contribution in [3.05, 3.63) is 0 Å². The van der Waals surface area contributed by atoms with Crippen LogP contribution in [-0.2, 0) is 4.79 Å². The molecule has 0 aromatic carbocycles. The molecule has 120 valence electrons. The summed E-state index contributed by atoms with van der Waals surface area (Å²) in [6.07, 6.45) is 7.67. The summed E-state index contributed by atoms with van der Waals surface area (Å²) < 4.78 is 0. The third kappa shape index (κ3) is 3.69. The number of hydrogen-bond donors (Lipinski definition) is 2. The molecular formula is C16H28N2O3. The van der Waals surface area contributed by atoms with E-state index in [9.17, 15) is 14.7 Å². The predicted molar refractivity (Wildman–Crippen MR) is 81.1 cm³/mol. The van der Waals surface area contributed by atoms with Crippen molar-refractivity contribution in [1.29, 1.82) is 0 Å². The first kappa shape index (κ1) is 16.1. The number of carboxylic acids is 1. The van der Waals surface area contributed by atoms with Crippen LogP contribution in [0.2, 0.25) is 0 Å². The van der Waals surface area contributed by atoms with Crippen molar-refractivity contribution in [2.24, 2.45) is 11.3 Å². The SMILES string of the molecule is CC1CCC(N(C)C(=O)NCC2(C(=O)O)CCCC2)CC1. The van der Waals surface area contributed by atoms with Crippen molar-refractivity contribution >= 4 is 12.0 Å². The van der Waals surface area contributed by atoms with Crippen molar-refractivity contribution in [3.63, 3.8) is 0 Å². The Kier molecular flexibility index (Phi) is 5.12. The molecule has 0 aromatic rings. The van der Waals surface area contributed by atoms with Gasteiger partial charge in [0, 0.05) is 19.6 Å². The number of amides is 2. The molecule has 2 rings (SSSR count). The number of carboxylic acid groups (broad SMARTS) is 1. The number of urea groups is 1.